The Morgan fingerprint density at radius 3 is 2.49 bits per heavy atom. The Morgan fingerprint density at radius 1 is 1.16 bits per heavy atom. The Labute approximate surface area is 214 Å². The molecule has 4 aliphatic rings. The van der Waals surface area contributed by atoms with Crippen LogP contribution in [-0.2, 0) is 15.1 Å². The van der Waals surface area contributed by atoms with Crippen LogP contribution in [0.3, 0.4) is 0 Å². The number of ether oxygens (including phenoxy) is 1. The van der Waals surface area contributed by atoms with Crippen molar-refractivity contribution in [3.63, 3.8) is 0 Å². The fourth-order valence-electron chi connectivity index (χ4n) is 6.03. The van der Waals surface area contributed by atoms with Crippen LogP contribution >= 0.6 is 0 Å². The molecule has 0 radical (unpaired) electrons. The fourth-order valence-corrected chi connectivity index (χ4v) is 6.03. The Hall–Kier alpha value is -3.79. The highest BCUT2D eigenvalue weighted by atomic mass is 16.5. The molecule has 4 fully saturated rings. The number of H-pyrrole nitrogens is 1. The maximum Gasteiger partial charge on any atom is 0.313 e. The lowest BCUT2D eigenvalue weighted by atomic mass is 9.53. The van der Waals surface area contributed by atoms with Crippen molar-refractivity contribution in [3.05, 3.63) is 71.7 Å². The van der Waals surface area contributed by atoms with Gasteiger partial charge in [0.1, 0.15) is 16.8 Å². The number of hydrogen-bond donors (Lipinski definition) is 2. The number of carboxylic acids is 1. The molecule has 3 saturated heterocycles. The summed E-state index contributed by atoms with van der Waals surface area (Å²) in [5.74, 6) is 0.853. The van der Waals surface area contributed by atoms with Gasteiger partial charge in [-0.3, -0.25) is 9.89 Å². The first-order valence-electron chi connectivity index (χ1n) is 12.7. The molecule has 2 N–H and O–H groups in total. The van der Waals surface area contributed by atoms with Gasteiger partial charge in [-0.15, -0.1) is 5.10 Å². The molecule has 3 aromatic heterocycles. The molecular weight excluding hydrogens is 470 g/mol. The van der Waals surface area contributed by atoms with Crippen LogP contribution in [-0.4, -0.2) is 60.6 Å². The Kier molecular flexibility index (Phi) is 5.52. The molecule has 3 aliphatic heterocycles. The summed E-state index contributed by atoms with van der Waals surface area (Å²) >= 11 is 0. The van der Waals surface area contributed by atoms with E-state index in [4.69, 9.17) is 14.8 Å². The standard InChI is InChI=1S/C21H25N7O3.C6H6/c1-11-4-5-27(7-11)14-6-12(2)17-23-18(26-28(17)8-14)21-9-20(10-31-21,19(29)30)15(21)16-22-13(3)24-25-16;1-2-4-6-5-3-1/h6,8,11,15H,4-5,7,9-10H2,1-3H3,(H,29,30)(H,22,24,25);1-6H. The highest BCUT2D eigenvalue weighted by molar-refractivity contribution is 5.80. The maximum absolute atomic E-state index is 12.2. The number of hydrogen-bond acceptors (Lipinski definition) is 7. The number of anilines is 1. The summed E-state index contributed by atoms with van der Waals surface area (Å²) in [6.45, 7) is 8.27. The zero-order valence-electron chi connectivity index (χ0n) is 21.3. The summed E-state index contributed by atoms with van der Waals surface area (Å²) < 4.78 is 7.94. The molecule has 4 aromatic rings. The molecule has 0 spiro atoms. The van der Waals surface area contributed by atoms with Crippen LogP contribution in [0.25, 0.3) is 5.65 Å². The van der Waals surface area contributed by atoms with Gasteiger partial charge >= 0.3 is 5.97 Å². The van der Waals surface area contributed by atoms with Crippen LogP contribution in [0.15, 0.2) is 48.7 Å². The van der Waals surface area contributed by atoms with Crippen LogP contribution in [0.1, 0.15) is 48.7 Å². The maximum atomic E-state index is 12.2. The van der Waals surface area contributed by atoms with Gasteiger partial charge in [0.15, 0.2) is 17.3 Å². The third-order valence-corrected chi connectivity index (χ3v) is 7.92. The number of carbonyl (C=O) groups is 1. The summed E-state index contributed by atoms with van der Waals surface area (Å²) in [4.78, 5) is 23.8. The van der Waals surface area contributed by atoms with E-state index in [-0.39, 0.29) is 6.61 Å². The number of fused-ring (bicyclic) bond motifs is 2. The van der Waals surface area contributed by atoms with Gasteiger partial charge in [-0.1, -0.05) is 43.3 Å². The summed E-state index contributed by atoms with van der Waals surface area (Å²) in [5.41, 5.74) is 0.949. The Morgan fingerprint density at radius 2 is 1.89 bits per heavy atom. The number of nitrogens with one attached hydrogen (secondary N) is 1. The highest BCUT2D eigenvalue weighted by Crippen LogP contribution is 2.70. The van der Waals surface area contributed by atoms with Gasteiger partial charge in [0, 0.05) is 19.5 Å². The van der Waals surface area contributed by atoms with E-state index in [9.17, 15) is 9.90 Å². The van der Waals surface area contributed by atoms with Gasteiger partial charge < -0.3 is 14.7 Å². The first kappa shape index (κ1) is 23.6. The normalized spacial score (nSPS) is 28.1. The predicted octanol–water partition coefficient (Wildman–Crippen LogP) is 3.48. The molecular formula is C27H31N7O3. The first-order valence-corrected chi connectivity index (χ1v) is 12.7. The number of aromatic nitrogens is 6. The van der Waals surface area contributed by atoms with Crippen molar-refractivity contribution < 1.29 is 14.6 Å². The van der Waals surface area contributed by atoms with Crippen LogP contribution in [0.4, 0.5) is 5.69 Å². The van der Waals surface area contributed by atoms with Crippen molar-refractivity contribution in [2.45, 2.75) is 45.1 Å². The number of nitrogens with zero attached hydrogens (tertiary/aromatic N) is 6. The zero-order valence-corrected chi connectivity index (χ0v) is 21.3. The molecule has 37 heavy (non-hydrogen) atoms. The van der Waals surface area contributed by atoms with E-state index in [0.29, 0.717) is 29.8 Å². The lowest BCUT2D eigenvalue weighted by Crippen LogP contribution is -2.55. The van der Waals surface area contributed by atoms with E-state index in [1.54, 1.807) is 11.4 Å². The lowest BCUT2D eigenvalue weighted by Gasteiger charge is -2.46. The number of aliphatic carboxylic acids is 1. The summed E-state index contributed by atoms with van der Waals surface area (Å²) in [6.07, 6.45) is 3.52. The van der Waals surface area contributed by atoms with Crippen LogP contribution in [0.5, 0.6) is 0 Å². The molecule has 2 bridgehead atoms. The number of benzene rings is 1. The summed E-state index contributed by atoms with van der Waals surface area (Å²) in [7, 11) is 0. The molecule has 1 aliphatic carbocycles. The fraction of sp³-hybridized carbons (Fsp3) is 0.444. The average Bonchev–Trinajstić information content (AvgIpc) is 3.68. The molecule has 6 heterocycles. The number of pyridine rings is 1. The molecule has 10 nitrogen and oxygen atoms in total. The quantitative estimate of drug-likeness (QED) is 0.436. The largest absolute Gasteiger partial charge is 0.481 e. The molecule has 8 rings (SSSR count). The second kappa shape index (κ2) is 8.65. The first-order chi connectivity index (χ1) is 17.8. The van der Waals surface area contributed by atoms with E-state index in [1.807, 2.05) is 49.5 Å². The second-order valence-corrected chi connectivity index (χ2v) is 10.6. The van der Waals surface area contributed by atoms with Gasteiger partial charge in [0.25, 0.3) is 0 Å². The van der Waals surface area contributed by atoms with Gasteiger partial charge in [0.05, 0.1) is 24.4 Å². The number of carboxylic acid groups (broad SMARTS) is 1. The second-order valence-electron chi connectivity index (χ2n) is 10.6. The third-order valence-electron chi connectivity index (χ3n) is 7.92. The number of aromatic amines is 1. The SMILES string of the molecule is Cc1nc(C2C3(C(=O)O)COC2(c2nc4c(C)cc(N5CCC(C)C5)cn4n2)C3)n[nH]1.c1ccccc1. The van der Waals surface area contributed by atoms with Gasteiger partial charge in [0.2, 0.25) is 0 Å². The van der Waals surface area contributed by atoms with Crippen molar-refractivity contribution in [3.8, 4) is 0 Å². The van der Waals surface area contributed by atoms with Crippen molar-refractivity contribution in [2.24, 2.45) is 11.3 Å². The molecule has 1 aromatic carbocycles. The van der Waals surface area contributed by atoms with Crippen molar-refractivity contribution in [1.82, 2.24) is 29.8 Å². The topological polar surface area (TPSA) is 122 Å². The minimum Gasteiger partial charge on any atom is -0.481 e. The third kappa shape index (κ3) is 3.69. The molecule has 4 unspecified atom stereocenters. The summed E-state index contributed by atoms with van der Waals surface area (Å²) in [6, 6.07) is 14.2. The monoisotopic (exact) mass is 501 g/mol. The summed E-state index contributed by atoms with van der Waals surface area (Å²) in [5, 5.41) is 21.9. The average molecular weight is 502 g/mol. The smallest absolute Gasteiger partial charge is 0.313 e. The highest BCUT2D eigenvalue weighted by Gasteiger charge is 2.78. The predicted molar refractivity (Wildman–Crippen MR) is 136 cm³/mol. The van der Waals surface area contributed by atoms with Gasteiger partial charge in [-0.05, 0) is 37.8 Å². The Balaban J connectivity index is 0.000000372. The molecule has 10 heteroatoms. The minimum absolute atomic E-state index is 0.103. The van der Waals surface area contributed by atoms with Crippen LogP contribution in [0, 0.1) is 25.2 Å². The molecule has 0 amide bonds. The van der Waals surface area contributed by atoms with Gasteiger partial charge in [-0.25, -0.2) is 14.5 Å². The van der Waals surface area contributed by atoms with Crippen LogP contribution < -0.4 is 4.90 Å². The van der Waals surface area contributed by atoms with Crippen molar-refractivity contribution in [1.29, 1.82) is 0 Å². The number of rotatable bonds is 4. The van der Waals surface area contributed by atoms with Crippen molar-refractivity contribution in [2.75, 3.05) is 24.6 Å². The van der Waals surface area contributed by atoms with E-state index >= 15 is 0 Å². The van der Waals surface area contributed by atoms with E-state index in [2.05, 4.69) is 33.1 Å². The minimum atomic E-state index is -1.04. The van der Waals surface area contributed by atoms with Gasteiger partial charge in [-0.2, -0.15) is 5.10 Å². The zero-order chi connectivity index (χ0) is 25.8. The van der Waals surface area contributed by atoms with Crippen molar-refractivity contribution >= 4 is 17.3 Å². The molecule has 192 valence electrons. The van der Waals surface area contributed by atoms with E-state index < -0.39 is 22.9 Å². The van der Waals surface area contributed by atoms with E-state index in [0.717, 1.165) is 30.0 Å². The number of aryl methyl sites for hydroxylation is 2. The van der Waals surface area contributed by atoms with Crippen LogP contribution in [0.2, 0.25) is 0 Å². The van der Waals surface area contributed by atoms with E-state index in [1.165, 1.54) is 6.42 Å². The Bertz CT molecular complexity index is 1420. The molecule has 1 saturated carbocycles. The lowest BCUT2D eigenvalue weighted by molar-refractivity contribution is -0.158. The molecule has 4 atom stereocenters.